The second kappa shape index (κ2) is 10.2. The van der Waals surface area contributed by atoms with E-state index in [9.17, 15) is 14.7 Å². The molecule has 0 radical (unpaired) electrons. The highest BCUT2D eigenvalue weighted by Crippen LogP contribution is 2.31. The predicted molar refractivity (Wildman–Crippen MR) is 136 cm³/mol. The Balaban J connectivity index is 1.12. The van der Waals surface area contributed by atoms with E-state index in [1.807, 2.05) is 60.7 Å². The summed E-state index contributed by atoms with van der Waals surface area (Å²) < 4.78 is 5.75. The third kappa shape index (κ3) is 4.95. The second-order valence-corrected chi connectivity index (χ2v) is 9.64. The van der Waals surface area contributed by atoms with Gasteiger partial charge in [0.05, 0.1) is 0 Å². The minimum atomic E-state index is -0.570. The Labute approximate surface area is 206 Å². The van der Waals surface area contributed by atoms with Gasteiger partial charge in [0, 0.05) is 29.6 Å². The van der Waals surface area contributed by atoms with E-state index in [-0.39, 0.29) is 24.3 Å². The van der Waals surface area contributed by atoms with E-state index in [0.717, 1.165) is 48.9 Å². The number of benzene rings is 3. The number of aliphatic hydroxyl groups is 1. The van der Waals surface area contributed by atoms with Crippen LogP contribution in [0.25, 0.3) is 10.8 Å². The molecule has 0 aliphatic carbocycles. The molecule has 2 amide bonds. The van der Waals surface area contributed by atoms with E-state index >= 15 is 0 Å². The van der Waals surface area contributed by atoms with E-state index in [2.05, 4.69) is 11.8 Å². The number of rotatable bonds is 8. The number of piperidine rings is 1. The SMILES string of the molecule is CCc1ccc(OC[C@@H](O)CN2CCC(CN3C(=O)c4cccc5cccc(c45)C3=O)CC2)cc1. The number of hydrogen-bond donors (Lipinski definition) is 1. The summed E-state index contributed by atoms with van der Waals surface area (Å²) in [5, 5.41) is 12.2. The summed E-state index contributed by atoms with van der Waals surface area (Å²) in [5.41, 5.74) is 2.49. The first-order valence-corrected chi connectivity index (χ1v) is 12.5. The maximum Gasteiger partial charge on any atom is 0.261 e. The molecule has 0 spiro atoms. The lowest BCUT2D eigenvalue weighted by molar-refractivity contribution is 0.0453. The van der Waals surface area contributed by atoms with Gasteiger partial charge < -0.3 is 14.7 Å². The number of aliphatic hydroxyl groups excluding tert-OH is 1. The molecule has 2 aliphatic rings. The summed E-state index contributed by atoms with van der Waals surface area (Å²) in [4.78, 5) is 30.0. The van der Waals surface area contributed by atoms with Crippen LogP contribution in [0.3, 0.4) is 0 Å². The van der Waals surface area contributed by atoms with Gasteiger partial charge in [0.1, 0.15) is 18.5 Å². The molecule has 2 heterocycles. The van der Waals surface area contributed by atoms with E-state index in [0.29, 0.717) is 24.2 Å². The Hall–Kier alpha value is -3.22. The van der Waals surface area contributed by atoms with E-state index in [1.165, 1.54) is 10.5 Å². The van der Waals surface area contributed by atoms with Gasteiger partial charge in [-0.15, -0.1) is 0 Å². The number of β-amino-alcohol motifs (C(OH)–C–C–N with tert-alkyl or cyclic N) is 1. The number of ether oxygens (including phenoxy) is 1. The Morgan fingerprint density at radius 3 is 2.17 bits per heavy atom. The molecule has 0 bridgehead atoms. The first-order valence-electron chi connectivity index (χ1n) is 12.5. The first kappa shape index (κ1) is 23.5. The summed E-state index contributed by atoms with van der Waals surface area (Å²) in [6.07, 6.45) is 2.19. The van der Waals surface area contributed by atoms with Crippen molar-refractivity contribution in [3.8, 4) is 5.75 Å². The van der Waals surface area contributed by atoms with Gasteiger partial charge in [0.15, 0.2) is 0 Å². The van der Waals surface area contributed by atoms with Crippen LogP contribution in [0.4, 0.5) is 0 Å². The van der Waals surface area contributed by atoms with Gasteiger partial charge >= 0.3 is 0 Å². The van der Waals surface area contributed by atoms with Crippen LogP contribution in [-0.2, 0) is 6.42 Å². The van der Waals surface area contributed by atoms with Crippen LogP contribution in [0.1, 0.15) is 46.0 Å². The Kier molecular flexibility index (Phi) is 6.84. The van der Waals surface area contributed by atoms with E-state index in [1.54, 1.807) is 0 Å². The lowest BCUT2D eigenvalue weighted by atomic mass is 9.91. The Bertz CT molecular complexity index is 1160. The number of carbonyl (C=O) groups is 2. The summed E-state index contributed by atoms with van der Waals surface area (Å²) in [5.74, 6) is 0.643. The van der Waals surface area contributed by atoms with Crippen LogP contribution in [0.15, 0.2) is 60.7 Å². The summed E-state index contributed by atoms with van der Waals surface area (Å²) in [7, 11) is 0. The summed E-state index contributed by atoms with van der Waals surface area (Å²) in [6, 6.07) is 19.2. The first-order chi connectivity index (χ1) is 17.0. The highest BCUT2D eigenvalue weighted by atomic mass is 16.5. The topological polar surface area (TPSA) is 70.1 Å². The lowest BCUT2D eigenvalue weighted by Gasteiger charge is -2.36. The van der Waals surface area contributed by atoms with Crippen LogP contribution in [-0.4, -0.2) is 65.6 Å². The van der Waals surface area contributed by atoms with Crippen LogP contribution in [0.2, 0.25) is 0 Å². The minimum Gasteiger partial charge on any atom is -0.491 e. The molecule has 3 aromatic rings. The van der Waals surface area contributed by atoms with Gasteiger partial charge in [-0.2, -0.15) is 0 Å². The van der Waals surface area contributed by atoms with Gasteiger partial charge in [0.2, 0.25) is 0 Å². The van der Waals surface area contributed by atoms with Gasteiger partial charge in [0.25, 0.3) is 11.8 Å². The van der Waals surface area contributed by atoms with E-state index in [4.69, 9.17) is 4.74 Å². The molecule has 182 valence electrons. The van der Waals surface area contributed by atoms with Crippen LogP contribution in [0.5, 0.6) is 5.75 Å². The zero-order valence-corrected chi connectivity index (χ0v) is 20.2. The molecular formula is C29H32N2O4. The average Bonchev–Trinajstić information content (AvgIpc) is 2.89. The third-order valence-corrected chi connectivity index (χ3v) is 7.25. The fourth-order valence-electron chi connectivity index (χ4n) is 5.22. The van der Waals surface area contributed by atoms with Crippen LogP contribution < -0.4 is 4.74 Å². The van der Waals surface area contributed by atoms with Crippen molar-refractivity contribution in [3.05, 3.63) is 77.4 Å². The molecule has 6 heteroatoms. The van der Waals surface area contributed by atoms with Gasteiger partial charge in [-0.3, -0.25) is 14.5 Å². The maximum atomic E-state index is 13.2. The predicted octanol–water partition coefficient (Wildman–Crippen LogP) is 4.15. The molecule has 35 heavy (non-hydrogen) atoms. The highest BCUT2D eigenvalue weighted by molar-refractivity contribution is 6.25. The number of nitrogens with zero attached hydrogens (tertiary/aromatic N) is 2. The van der Waals surface area contributed by atoms with Gasteiger partial charge in [-0.05, 0) is 73.5 Å². The number of likely N-dealkylation sites (tertiary alicyclic amines) is 1. The Morgan fingerprint density at radius 1 is 0.943 bits per heavy atom. The average molecular weight is 473 g/mol. The van der Waals surface area contributed by atoms with Crippen molar-refractivity contribution >= 4 is 22.6 Å². The smallest absolute Gasteiger partial charge is 0.261 e. The van der Waals surface area contributed by atoms with Crippen molar-refractivity contribution in [2.45, 2.75) is 32.3 Å². The molecule has 2 aliphatic heterocycles. The number of imide groups is 1. The molecule has 0 unspecified atom stereocenters. The molecule has 1 saturated heterocycles. The molecule has 5 rings (SSSR count). The van der Waals surface area contributed by atoms with Gasteiger partial charge in [-0.1, -0.05) is 43.3 Å². The number of hydrogen-bond acceptors (Lipinski definition) is 5. The fourth-order valence-corrected chi connectivity index (χ4v) is 5.22. The molecule has 0 aromatic heterocycles. The largest absolute Gasteiger partial charge is 0.491 e. The van der Waals surface area contributed by atoms with Crippen LogP contribution >= 0.6 is 0 Å². The summed E-state index contributed by atoms with van der Waals surface area (Å²) >= 11 is 0. The minimum absolute atomic E-state index is 0.193. The van der Waals surface area contributed by atoms with Crippen molar-refractivity contribution in [1.29, 1.82) is 0 Å². The Morgan fingerprint density at radius 2 is 1.57 bits per heavy atom. The zero-order valence-electron chi connectivity index (χ0n) is 20.2. The zero-order chi connectivity index (χ0) is 24.4. The molecule has 0 saturated carbocycles. The highest BCUT2D eigenvalue weighted by Gasteiger charge is 2.34. The third-order valence-electron chi connectivity index (χ3n) is 7.25. The second-order valence-electron chi connectivity index (χ2n) is 9.64. The normalized spacial score (nSPS) is 17.7. The number of aryl methyl sites for hydroxylation is 1. The van der Waals surface area contributed by atoms with Crippen molar-refractivity contribution in [1.82, 2.24) is 9.80 Å². The molecule has 3 aromatic carbocycles. The van der Waals surface area contributed by atoms with Crippen molar-refractivity contribution in [2.75, 3.05) is 32.8 Å². The van der Waals surface area contributed by atoms with Gasteiger partial charge in [-0.25, -0.2) is 0 Å². The number of amides is 2. The molecule has 1 N–H and O–H groups in total. The van der Waals surface area contributed by atoms with Crippen molar-refractivity contribution in [3.63, 3.8) is 0 Å². The molecular weight excluding hydrogens is 440 g/mol. The lowest BCUT2D eigenvalue weighted by Crippen LogP contribution is -2.46. The van der Waals surface area contributed by atoms with E-state index < -0.39 is 6.10 Å². The summed E-state index contributed by atoms with van der Waals surface area (Å²) in [6.45, 7) is 5.02. The molecule has 1 fully saturated rings. The fraction of sp³-hybridized carbons (Fsp3) is 0.379. The number of carbonyl (C=O) groups excluding carboxylic acids is 2. The molecule has 1 atom stereocenters. The maximum absolute atomic E-state index is 13.2. The van der Waals surface area contributed by atoms with Crippen LogP contribution in [0, 0.1) is 5.92 Å². The quantitative estimate of drug-likeness (QED) is 0.499. The molecule has 6 nitrogen and oxygen atoms in total. The monoisotopic (exact) mass is 472 g/mol. The van der Waals surface area contributed by atoms with Crippen molar-refractivity contribution in [2.24, 2.45) is 5.92 Å². The standard InChI is InChI=1S/C29H32N2O4/c1-2-20-9-11-24(12-10-20)35-19-23(32)18-30-15-13-21(14-16-30)17-31-28(33)25-7-3-5-22-6-4-8-26(27(22)25)29(31)34/h3-12,21,23,32H,2,13-19H2,1H3/t23-/m0/s1. The van der Waals surface area contributed by atoms with Crippen molar-refractivity contribution < 1.29 is 19.4 Å².